The third-order valence-corrected chi connectivity index (χ3v) is 6.85. The lowest BCUT2D eigenvalue weighted by Gasteiger charge is -2.52. The highest BCUT2D eigenvalue weighted by Gasteiger charge is 2.50. The van der Waals surface area contributed by atoms with Crippen LogP contribution in [0.25, 0.3) is 0 Å². The topological polar surface area (TPSA) is 105 Å². The van der Waals surface area contributed by atoms with Gasteiger partial charge in [0.05, 0.1) is 12.6 Å². The second-order valence-corrected chi connectivity index (χ2v) is 9.01. The van der Waals surface area contributed by atoms with Crippen molar-refractivity contribution in [2.75, 3.05) is 19.8 Å². The summed E-state index contributed by atoms with van der Waals surface area (Å²) in [6.07, 6.45) is 4.36. The second-order valence-electron chi connectivity index (χ2n) is 9.01. The van der Waals surface area contributed by atoms with Gasteiger partial charge < -0.3 is 19.5 Å². The van der Waals surface area contributed by atoms with Gasteiger partial charge in [0.25, 0.3) is 0 Å². The van der Waals surface area contributed by atoms with Crippen molar-refractivity contribution in [3.05, 3.63) is 35.9 Å². The molecule has 0 aliphatic carbocycles. The fraction of sp³-hybridized carbons (Fsp3) is 0.640. The lowest BCUT2D eigenvalue weighted by atomic mass is 9.77. The van der Waals surface area contributed by atoms with Gasteiger partial charge in [-0.3, -0.25) is 14.9 Å². The third-order valence-electron chi connectivity index (χ3n) is 6.85. The number of piperidine rings is 1. The number of rotatable bonds is 9. The highest BCUT2D eigenvalue weighted by Crippen LogP contribution is 2.40. The van der Waals surface area contributed by atoms with Gasteiger partial charge in [-0.25, -0.2) is 4.79 Å². The zero-order valence-electron chi connectivity index (χ0n) is 19.6. The number of hydrogen-bond donors (Lipinski definition) is 2. The molecule has 0 aromatic heterocycles. The number of nitrogens with one attached hydrogen (secondary N) is 1. The Morgan fingerprint density at radius 1 is 1.21 bits per heavy atom. The third kappa shape index (κ3) is 6.12. The summed E-state index contributed by atoms with van der Waals surface area (Å²) >= 11 is 0. The van der Waals surface area contributed by atoms with E-state index in [1.807, 2.05) is 30.3 Å². The van der Waals surface area contributed by atoms with Gasteiger partial charge in [-0.2, -0.15) is 0 Å². The van der Waals surface area contributed by atoms with Gasteiger partial charge in [-0.15, -0.1) is 0 Å². The molecule has 2 aliphatic rings. The first-order valence-electron chi connectivity index (χ1n) is 12.0. The number of ether oxygens (including phenoxy) is 2. The van der Waals surface area contributed by atoms with Crippen molar-refractivity contribution in [3.8, 4) is 0 Å². The SMILES string of the molecule is CCOC(=O)C(CCc1ccccc1)N[C@@H](C)C(=O)N1C(C(=O)O)CCCC12CCOCC2. The number of esters is 1. The number of carboxylic acid groups (broad SMARTS) is 1. The van der Waals surface area contributed by atoms with Crippen molar-refractivity contribution in [3.63, 3.8) is 0 Å². The molecule has 182 valence electrons. The Morgan fingerprint density at radius 2 is 1.91 bits per heavy atom. The maximum atomic E-state index is 13.7. The van der Waals surface area contributed by atoms with E-state index >= 15 is 0 Å². The summed E-state index contributed by atoms with van der Waals surface area (Å²) in [7, 11) is 0. The molecule has 2 saturated heterocycles. The van der Waals surface area contributed by atoms with E-state index in [0.717, 1.165) is 18.4 Å². The fourth-order valence-corrected chi connectivity index (χ4v) is 5.12. The van der Waals surface area contributed by atoms with E-state index in [9.17, 15) is 19.5 Å². The summed E-state index contributed by atoms with van der Waals surface area (Å²) in [5.41, 5.74) is 0.589. The molecule has 2 fully saturated rings. The molecule has 1 aromatic carbocycles. The average Bonchev–Trinajstić information content (AvgIpc) is 2.82. The maximum absolute atomic E-state index is 13.7. The molecular weight excluding hydrogens is 424 g/mol. The Morgan fingerprint density at radius 3 is 2.55 bits per heavy atom. The summed E-state index contributed by atoms with van der Waals surface area (Å²) in [6, 6.07) is 7.58. The lowest BCUT2D eigenvalue weighted by molar-refractivity contribution is -0.167. The number of carbonyl (C=O) groups excluding carboxylic acids is 2. The lowest BCUT2D eigenvalue weighted by Crippen LogP contribution is -2.66. The first-order chi connectivity index (χ1) is 15.9. The molecule has 3 rings (SSSR count). The molecule has 2 heterocycles. The fourth-order valence-electron chi connectivity index (χ4n) is 5.12. The molecule has 8 nitrogen and oxygen atoms in total. The first kappa shape index (κ1) is 25.2. The molecule has 33 heavy (non-hydrogen) atoms. The second kappa shape index (κ2) is 11.6. The van der Waals surface area contributed by atoms with Crippen molar-refractivity contribution in [1.82, 2.24) is 10.2 Å². The van der Waals surface area contributed by atoms with Crippen LogP contribution in [0, 0.1) is 0 Å². The van der Waals surface area contributed by atoms with Crippen LogP contribution in [-0.2, 0) is 30.3 Å². The number of amides is 1. The van der Waals surface area contributed by atoms with Crippen molar-refractivity contribution in [2.45, 2.75) is 82.5 Å². The molecule has 0 saturated carbocycles. The first-order valence-corrected chi connectivity index (χ1v) is 12.0. The van der Waals surface area contributed by atoms with Gasteiger partial charge in [0.1, 0.15) is 12.1 Å². The Balaban J connectivity index is 1.77. The predicted octanol–water partition coefficient (Wildman–Crippen LogP) is 2.54. The number of likely N-dealkylation sites (tertiary alicyclic amines) is 1. The van der Waals surface area contributed by atoms with E-state index in [4.69, 9.17) is 9.47 Å². The maximum Gasteiger partial charge on any atom is 0.326 e. The van der Waals surface area contributed by atoms with Crippen LogP contribution < -0.4 is 5.32 Å². The number of aliphatic carboxylic acids is 1. The molecule has 3 atom stereocenters. The molecule has 0 radical (unpaired) electrons. The molecule has 1 spiro atoms. The van der Waals surface area contributed by atoms with Gasteiger partial charge >= 0.3 is 11.9 Å². The van der Waals surface area contributed by atoms with Gasteiger partial charge in [-0.05, 0) is 64.4 Å². The highest BCUT2D eigenvalue weighted by molar-refractivity contribution is 5.88. The summed E-state index contributed by atoms with van der Waals surface area (Å²) in [5, 5.41) is 13.0. The van der Waals surface area contributed by atoms with Crippen LogP contribution in [0.1, 0.15) is 57.9 Å². The molecule has 8 heteroatoms. The smallest absolute Gasteiger partial charge is 0.326 e. The number of carbonyl (C=O) groups is 3. The molecule has 1 amide bonds. The quantitative estimate of drug-likeness (QED) is 0.546. The van der Waals surface area contributed by atoms with E-state index in [0.29, 0.717) is 45.3 Å². The van der Waals surface area contributed by atoms with Crippen molar-refractivity contribution < 1.29 is 29.0 Å². The molecule has 1 aromatic rings. The molecule has 2 unspecified atom stereocenters. The van der Waals surface area contributed by atoms with Gasteiger partial charge in [-0.1, -0.05) is 30.3 Å². The minimum absolute atomic E-state index is 0.251. The minimum atomic E-state index is -0.980. The summed E-state index contributed by atoms with van der Waals surface area (Å²) < 4.78 is 10.8. The molecule has 0 bridgehead atoms. The van der Waals surface area contributed by atoms with Crippen LogP contribution in [0.2, 0.25) is 0 Å². The largest absolute Gasteiger partial charge is 0.480 e. The van der Waals surface area contributed by atoms with Crippen LogP contribution in [0.3, 0.4) is 0 Å². The van der Waals surface area contributed by atoms with Crippen molar-refractivity contribution in [2.24, 2.45) is 0 Å². The Bertz CT molecular complexity index is 803. The van der Waals surface area contributed by atoms with Crippen LogP contribution in [0.4, 0.5) is 0 Å². The van der Waals surface area contributed by atoms with Crippen LogP contribution in [0.5, 0.6) is 0 Å². The number of aryl methyl sites for hydroxylation is 1. The Hall–Kier alpha value is -2.45. The molecule has 2 aliphatic heterocycles. The Kier molecular flexibility index (Phi) is 8.86. The monoisotopic (exact) mass is 460 g/mol. The summed E-state index contributed by atoms with van der Waals surface area (Å²) in [5.74, 6) is -1.66. The van der Waals surface area contributed by atoms with E-state index in [2.05, 4.69) is 5.32 Å². The highest BCUT2D eigenvalue weighted by atomic mass is 16.5. The summed E-state index contributed by atoms with van der Waals surface area (Å²) in [6.45, 7) is 4.74. The number of hydrogen-bond acceptors (Lipinski definition) is 6. The molecule has 2 N–H and O–H groups in total. The Labute approximate surface area is 195 Å². The van der Waals surface area contributed by atoms with Crippen LogP contribution >= 0.6 is 0 Å². The van der Waals surface area contributed by atoms with Crippen molar-refractivity contribution in [1.29, 1.82) is 0 Å². The number of nitrogens with zero attached hydrogens (tertiary/aromatic N) is 1. The zero-order chi connectivity index (χ0) is 23.8. The van der Waals surface area contributed by atoms with Crippen LogP contribution in [-0.4, -0.2) is 71.3 Å². The van der Waals surface area contributed by atoms with E-state index in [1.165, 1.54) is 0 Å². The summed E-state index contributed by atoms with van der Waals surface area (Å²) in [4.78, 5) is 40.0. The van der Waals surface area contributed by atoms with Gasteiger partial charge in [0, 0.05) is 18.8 Å². The van der Waals surface area contributed by atoms with E-state index in [-0.39, 0.29) is 12.5 Å². The van der Waals surface area contributed by atoms with E-state index in [1.54, 1.807) is 18.7 Å². The van der Waals surface area contributed by atoms with Gasteiger partial charge in [0.2, 0.25) is 5.91 Å². The average molecular weight is 461 g/mol. The standard InChI is InChI=1S/C25H36N2O6/c1-3-33-24(31)20(12-11-19-8-5-4-6-9-19)26-18(2)22(28)27-21(23(29)30)10-7-13-25(27)14-16-32-17-15-25/h4-6,8-9,18,20-21,26H,3,7,10-17H2,1-2H3,(H,29,30)/t18-,20?,21?/m0/s1. The number of carboxylic acids is 1. The minimum Gasteiger partial charge on any atom is -0.480 e. The normalized spacial score (nSPS) is 21.9. The van der Waals surface area contributed by atoms with Gasteiger partial charge in [0.15, 0.2) is 0 Å². The van der Waals surface area contributed by atoms with Crippen molar-refractivity contribution >= 4 is 17.8 Å². The zero-order valence-corrected chi connectivity index (χ0v) is 19.6. The molecular formula is C25H36N2O6. The van der Waals surface area contributed by atoms with E-state index < -0.39 is 35.6 Å². The number of benzene rings is 1. The van der Waals surface area contributed by atoms with Crippen LogP contribution in [0.15, 0.2) is 30.3 Å². The predicted molar refractivity (Wildman–Crippen MR) is 123 cm³/mol.